The van der Waals surface area contributed by atoms with Gasteiger partial charge in [-0.25, -0.2) is 0 Å². The number of nitrogens with zero attached hydrogens (tertiary/aromatic N) is 2. The predicted octanol–water partition coefficient (Wildman–Crippen LogP) is 2.67. The minimum Gasteiger partial charge on any atom is -0.481 e. The number of benzene rings is 1. The molecule has 0 unspecified atom stereocenters. The summed E-state index contributed by atoms with van der Waals surface area (Å²) in [5, 5.41) is 20.2. The van der Waals surface area contributed by atoms with Crippen molar-refractivity contribution in [2.24, 2.45) is 17.8 Å². The van der Waals surface area contributed by atoms with Crippen molar-refractivity contribution in [1.29, 1.82) is 0 Å². The van der Waals surface area contributed by atoms with Gasteiger partial charge in [0, 0.05) is 36.2 Å². The lowest BCUT2D eigenvalue weighted by molar-refractivity contribution is -0.146. The number of aliphatic hydroxyl groups excluding tert-OH is 1. The first-order valence-electron chi connectivity index (χ1n) is 11.5. The van der Waals surface area contributed by atoms with Crippen LogP contribution in [0.4, 0.5) is 0 Å². The van der Waals surface area contributed by atoms with E-state index in [1.54, 1.807) is 21.6 Å². The molecule has 3 heterocycles. The molecule has 1 saturated heterocycles. The number of carboxylic acids is 1. The second-order valence-electron chi connectivity index (χ2n) is 9.26. The quantitative estimate of drug-likeness (QED) is 0.768. The van der Waals surface area contributed by atoms with E-state index in [1.165, 1.54) is 0 Å². The fourth-order valence-corrected chi connectivity index (χ4v) is 6.09. The molecular weight excluding hydrogens is 408 g/mol. The van der Waals surface area contributed by atoms with Crippen molar-refractivity contribution in [1.82, 2.24) is 9.47 Å². The molecule has 1 saturated carbocycles. The van der Waals surface area contributed by atoms with E-state index >= 15 is 0 Å². The molecule has 2 N–H and O–H groups in total. The molecule has 32 heavy (non-hydrogen) atoms. The molecule has 1 aromatic carbocycles. The molecule has 1 aromatic heterocycles. The molecule has 0 spiro atoms. The van der Waals surface area contributed by atoms with Crippen LogP contribution in [-0.4, -0.2) is 44.2 Å². The number of hydrogen-bond acceptors (Lipinski definition) is 4. The maximum atomic E-state index is 13.6. The minimum absolute atomic E-state index is 0.0206. The Bertz CT molecular complexity index is 1090. The van der Waals surface area contributed by atoms with E-state index in [0.717, 1.165) is 37.7 Å². The zero-order chi connectivity index (χ0) is 22.4. The minimum atomic E-state index is -1.04. The van der Waals surface area contributed by atoms with Gasteiger partial charge in [0.1, 0.15) is 0 Å². The number of carbonyl (C=O) groups is 2. The molecule has 1 amide bonds. The number of fused-ring (bicyclic) bond motifs is 4. The molecule has 4 atom stereocenters. The SMILES string of the molecule is O=C(O)[C@@H]1[C@@H](CO)[C@@H]2Cn3c(ccc(-c4ccccc4)c3=O)[C@H]1N2C(=O)C1CCCCC1. The van der Waals surface area contributed by atoms with E-state index in [4.69, 9.17) is 0 Å². The topological polar surface area (TPSA) is 99.8 Å². The number of hydrogen-bond donors (Lipinski definition) is 2. The predicted molar refractivity (Wildman–Crippen MR) is 118 cm³/mol. The van der Waals surface area contributed by atoms with Crippen molar-refractivity contribution >= 4 is 11.9 Å². The largest absolute Gasteiger partial charge is 0.481 e. The van der Waals surface area contributed by atoms with Crippen LogP contribution in [0.1, 0.15) is 43.8 Å². The van der Waals surface area contributed by atoms with Gasteiger partial charge in [-0.3, -0.25) is 14.4 Å². The maximum absolute atomic E-state index is 13.6. The van der Waals surface area contributed by atoms with Crippen LogP contribution in [-0.2, 0) is 16.1 Å². The Morgan fingerprint density at radius 1 is 1.00 bits per heavy atom. The average Bonchev–Trinajstić information content (AvgIpc) is 3.07. The van der Waals surface area contributed by atoms with E-state index < -0.39 is 29.9 Å². The molecule has 2 bridgehead atoms. The Kier molecular flexibility index (Phi) is 5.37. The highest BCUT2D eigenvalue weighted by Crippen LogP contribution is 2.49. The molecule has 5 rings (SSSR count). The molecular formula is C25H28N2O5. The molecule has 0 radical (unpaired) electrons. The molecule has 2 fully saturated rings. The fraction of sp³-hybridized carbons (Fsp3) is 0.480. The van der Waals surface area contributed by atoms with Gasteiger partial charge in [0.25, 0.3) is 5.56 Å². The first kappa shape index (κ1) is 20.9. The first-order valence-corrected chi connectivity index (χ1v) is 11.5. The summed E-state index contributed by atoms with van der Waals surface area (Å²) in [5.41, 5.74) is 1.72. The smallest absolute Gasteiger partial charge is 0.309 e. The van der Waals surface area contributed by atoms with Gasteiger partial charge in [-0.15, -0.1) is 0 Å². The van der Waals surface area contributed by atoms with Crippen LogP contribution in [0.15, 0.2) is 47.3 Å². The zero-order valence-electron chi connectivity index (χ0n) is 17.9. The zero-order valence-corrected chi connectivity index (χ0v) is 17.9. The lowest BCUT2D eigenvalue weighted by Gasteiger charge is -2.40. The summed E-state index contributed by atoms with van der Waals surface area (Å²) in [5.74, 6) is -2.71. The van der Waals surface area contributed by atoms with E-state index in [-0.39, 0.29) is 30.5 Å². The molecule has 3 aliphatic rings. The standard InChI is InChI=1S/C25H28N2O5/c28-14-18-20-13-26-19(12-11-17(24(26)30)15-7-3-1-4-8-15)22(21(18)25(31)32)27(20)23(29)16-9-5-2-6-10-16/h1,3-4,7-8,11-12,16,18,20-22,28H,2,5-6,9-10,13-14H2,(H,31,32)/t18-,20-,21+,22+/m0/s1. The van der Waals surface area contributed by atoms with Crippen molar-refractivity contribution in [2.45, 2.75) is 50.7 Å². The maximum Gasteiger partial charge on any atom is 0.309 e. The van der Waals surface area contributed by atoms with E-state index in [1.807, 2.05) is 30.3 Å². The molecule has 2 aliphatic heterocycles. The molecule has 7 heteroatoms. The normalized spacial score (nSPS) is 27.2. The van der Waals surface area contributed by atoms with Crippen LogP contribution in [0.5, 0.6) is 0 Å². The molecule has 7 nitrogen and oxygen atoms in total. The highest BCUT2D eigenvalue weighted by molar-refractivity contribution is 5.83. The van der Waals surface area contributed by atoms with Gasteiger partial charge in [0.05, 0.1) is 18.0 Å². The Balaban J connectivity index is 1.62. The van der Waals surface area contributed by atoms with Crippen LogP contribution >= 0.6 is 0 Å². The summed E-state index contributed by atoms with van der Waals surface area (Å²) in [4.78, 5) is 41.0. The second-order valence-corrected chi connectivity index (χ2v) is 9.26. The number of carbonyl (C=O) groups excluding carboxylic acids is 1. The second kappa shape index (κ2) is 8.20. The lowest BCUT2D eigenvalue weighted by Crippen LogP contribution is -2.51. The number of amides is 1. The summed E-state index contributed by atoms with van der Waals surface area (Å²) in [6.07, 6.45) is 4.75. The summed E-state index contributed by atoms with van der Waals surface area (Å²) < 4.78 is 1.63. The van der Waals surface area contributed by atoms with Gasteiger partial charge >= 0.3 is 5.97 Å². The van der Waals surface area contributed by atoms with Gasteiger partial charge in [0.2, 0.25) is 5.91 Å². The average molecular weight is 437 g/mol. The number of aliphatic carboxylic acids is 1. The fourth-order valence-electron chi connectivity index (χ4n) is 6.09. The third-order valence-electron chi connectivity index (χ3n) is 7.62. The lowest BCUT2D eigenvalue weighted by atomic mass is 9.87. The van der Waals surface area contributed by atoms with Crippen LogP contribution < -0.4 is 5.56 Å². The monoisotopic (exact) mass is 436 g/mol. The third kappa shape index (κ3) is 3.18. The van der Waals surface area contributed by atoms with Crippen LogP contribution in [0, 0.1) is 17.8 Å². The molecule has 2 aromatic rings. The number of rotatable bonds is 4. The van der Waals surface area contributed by atoms with E-state index in [2.05, 4.69) is 0 Å². The van der Waals surface area contributed by atoms with Crippen LogP contribution in [0.25, 0.3) is 11.1 Å². The highest BCUT2D eigenvalue weighted by atomic mass is 16.4. The van der Waals surface area contributed by atoms with Crippen molar-refractivity contribution in [3.8, 4) is 11.1 Å². The number of aromatic nitrogens is 1. The van der Waals surface area contributed by atoms with Gasteiger partial charge in [-0.05, 0) is 30.5 Å². The summed E-state index contributed by atoms with van der Waals surface area (Å²) in [6, 6.07) is 11.7. The molecule has 1 aliphatic carbocycles. The Morgan fingerprint density at radius 3 is 2.38 bits per heavy atom. The van der Waals surface area contributed by atoms with Crippen LogP contribution in [0.3, 0.4) is 0 Å². The van der Waals surface area contributed by atoms with Crippen molar-refractivity contribution in [2.75, 3.05) is 6.61 Å². The van der Waals surface area contributed by atoms with E-state index in [0.29, 0.717) is 11.3 Å². The van der Waals surface area contributed by atoms with Gasteiger partial charge in [-0.1, -0.05) is 49.6 Å². The first-order chi connectivity index (χ1) is 15.5. The Labute approximate surface area is 186 Å². The number of pyridine rings is 1. The summed E-state index contributed by atoms with van der Waals surface area (Å²) >= 11 is 0. The van der Waals surface area contributed by atoms with Gasteiger partial charge in [0.15, 0.2) is 0 Å². The van der Waals surface area contributed by atoms with Gasteiger partial charge < -0.3 is 19.7 Å². The van der Waals surface area contributed by atoms with Crippen molar-refractivity contribution < 1.29 is 19.8 Å². The third-order valence-corrected chi connectivity index (χ3v) is 7.62. The number of aliphatic hydroxyl groups is 1. The highest BCUT2D eigenvalue weighted by Gasteiger charge is 2.58. The summed E-state index contributed by atoms with van der Waals surface area (Å²) in [6.45, 7) is -0.125. The van der Waals surface area contributed by atoms with Gasteiger partial charge in [-0.2, -0.15) is 0 Å². The Morgan fingerprint density at radius 2 is 1.72 bits per heavy atom. The number of carboxylic acid groups (broad SMARTS) is 1. The van der Waals surface area contributed by atoms with Crippen molar-refractivity contribution in [3.05, 3.63) is 58.5 Å². The van der Waals surface area contributed by atoms with E-state index in [9.17, 15) is 24.6 Å². The molecule has 168 valence electrons. The van der Waals surface area contributed by atoms with Crippen LogP contribution in [0.2, 0.25) is 0 Å². The summed E-state index contributed by atoms with van der Waals surface area (Å²) in [7, 11) is 0. The Hall–Kier alpha value is -2.93. The van der Waals surface area contributed by atoms with Crippen molar-refractivity contribution in [3.63, 3.8) is 0 Å².